The molecule has 7 heteroatoms. The molecule has 1 heterocycles. The lowest BCUT2D eigenvalue weighted by atomic mass is 10.1. The Balaban J connectivity index is 1.91. The van der Waals surface area contributed by atoms with E-state index in [1.807, 2.05) is 62.2 Å². The lowest BCUT2D eigenvalue weighted by Crippen LogP contribution is -2.14. The molecule has 0 N–H and O–H groups in total. The molecule has 0 radical (unpaired) electrons. The number of benzene rings is 2. The van der Waals surface area contributed by atoms with Gasteiger partial charge in [0.25, 0.3) is 0 Å². The number of hydrogen-bond donors (Lipinski definition) is 0. The molecule has 1 aromatic heterocycles. The van der Waals surface area contributed by atoms with E-state index >= 15 is 0 Å². The maximum Gasteiger partial charge on any atom is 0.218 e. The van der Waals surface area contributed by atoms with E-state index in [2.05, 4.69) is 15.4 Å². The van der Waals surface area contributed by atoms with Crippen LogP contribution in [0.3, 0.4) is 0 Å². The summed E-state index contributed by atoms with van der Waals surface area (Å²) < 4.78 is 10.4. The van der Waals surface area contributed by atoms with E-state index in [0.717, 1.165) is 34.9 Å². The predicted molar refractivity (Wildman–Crippen MR) is 115 cm³/mol. The first-order valence-corrected chi connectivity index (χ1v) is 9.86. The van der Waals surface area contributed by atoms with Gasteiger partial charge in [-0.2, -0.15) is 9.64 Å². The van der Waals surface area contributed by atoms with Crippen LogP contribution in [-0.4, -0.2) is 29.2 Å². The summed E-state index contributed by atoms with van der Waals surface area (Å²) in [6.07, 6.45) is 1.77. The third kappa shape index (κ3) is 4.33. The molecule has 3 rings (SSSR count). The normalized spacial score (nSPS) is 10.8. The van der Waals surface area contributed by atoms with Crippen molar-refractivity contribution in [1.82, 2.24) is 9.27 Å². The van der Waals surface area contributed by atoms with Gasteiger partial charge in [0.05, 0.1) is 17.0 Å². The number of hydrogen-bond acceptors (Lipinski definition) is 5. The molecular weight excluding hydrogens is 392 g/mol. The predicted octanol–water partition coefficient (Wildman–Crippen LogP) is 6.05. The molecule has 0 saturated heterocycles. The zero-order valence-electron chi connectivity index (χ0n) is 15.8. The molecule has 5 nitrogen and oxygen atoms in total. The summed E-state index contributed by atoms with van der Waals surface area (Å²) in [5, 5.41) is 10.5. The van der Waals surface area contributed by atoms with Gasteiger partial charge in [0.2, 0.25) is 5.06 Å². The Labute approximate surface area is 173 Å². The second-order valence-electron chi connectivity index (χ2n) is 6.16. The zero-order chi connectivity index (χ0) is 20.1. The SMILES string of the molecule is CCN(C)C=Nc1cc(Cl)c(Oc2snc(-c3ccccc3)c2C#N)cc1C. The topological polar surface area (TPSA) is 61.5 Å². The smallest absolute Gasteiger partial charge is 0.218 e. The number of aryl methyl sites for hydroxylation is 1. The van der Waals surface area contributed by atoms with Gasteiger partial charge < -0.3 is 9.64 Å². The molecule has 0 aliphatic carbocycles. The summed E-state index contributed by atoms with van der Waals surface area (Å²) in [6.45, 7) is 4.85. The first kappa shape index (κ1) is 19.9. The molecule has 0 amide bonds. The van der Waals surface area contributed by atoms with Crippen molar-refractivity contribution >= 4 is 35.2 Å². The van der Waals surface area contributed by atoms with E-state index in [9.17, 15) is 5.26 Å². The number of halogens is 1. The summed E-state index contributed by atoms with van der Waals surface area (Å²) in [5.74, 6) is 0.474. The molecule has 0 atom stereocenters. The van der Waals surface area contributed by atoms with E-state index in [4.69, 9.17) is 16.3 Å². The monoisotopic (exact) mass is 410 g/mol. The molecule has 0 saturated carbocycles. The molecule has 28 heavy (non-hydrogen) atoms. The molecule has 0 aliphatic rings. The highest BCUT2D eigenvalue weighted by molar-refractivity contribution is 7.08. The van der Waals surface area contributed by atoms with Crippen LogP contribution in [0.4, 0.5) is 5.69 Å². The Bertz CT molecular complexity index is 1040. The van der Waals surface area contributed by atoms with Crippen LogP contribution >= 0.6 is 23.1 Å². The third-order valence-electron chi connectivity index (χ3n) is 4.17. The molecule has 3 aromatic rings. The van der Waals surface area contributed by atoms with E-state index in [0.29, 0.717) is 27.1 Å². The van der Waals surface area contributed by atoms with Gasteiger partial charge in [0, 0.05) is 30.7 Å². The van der Waals surface area contributed by atoms with Crippen molar-refractivity contribution in [1.29, 1.82) is 5.26 Å². The molecule has 0 unspecified atom stereocenters. The molecular formula is C21H19ClN4OS. The van der Waals surface area contributed by atoms with Crippen LogP contribution in [0.5, 0.6) is 10.8 Å². The van der Waals surface area contributed by atoms with Crippen molar-refractivity contribution in [2.45, 2.75) is 13.8 Å². The lowest BCUT2D eigenvalue weighted by molar-refractivity contribution is 0.495. The van der Waals surface area contributed by atoms with E-state index < -0.39 is 0 Å². The maximum absolute atomic E-state index is 9.62. The van der Waals surface area contributed by atoms with Crippen molar-refractivity contribution in [3.05, 3.63) is 58.6 Å². The minimum Gasteiger partial charge on any atom is -0.442 e. The highest BCUT2D eigenvalue weighted by Crippen LogP contribution is 2.40. The van der Waals surface area contributed by atoms with Crippen LogP contribution in [0.15, 0.2) is 47.5 Å². The number of ether oxygens (including phenoxy) is 1. The number of nitrogens with zero attached hydrogens (tertiary/aromatic N) is 4. The average Bonchev–Trinajstić information content (AvgIpc) is 3.12. The Hall–Kier alpha value is -2.88. The van der Waals surface area contributed by atoms with Crippen LogP contribution in [0, 0.1) is 18.3 Å². The number of aliphatic imine (C=N–C) groups is 1. The van der Waals surface area contributed by atoms with E-state index in [1.165, 1.54) is 0 Å². The van der Waals surface area contributed by atoms with Gasteiger partial charge in [-0.25, -0.2) is 4.99 Å². The summed E-state index contributed by atoms with van der Waals surface area (Å²) in [6, 6.07) is 15.3. The van der Waals surface area contributed by atoms with Gasteiger partial charge in [0.15, 0.2) is 0 Å². The van der Waals surface area contributed by atoms with Crippen LogP contribution < -0.4 is 4.74 Å². The largest absolute Gasteiger partial charge is 0.442 e. The Morgan fingerprint density at radius 3 is 2.75 bits per heavy atom. The Morgan fingerprint density at radius 2 is 2.07 bits per heavy atom. The fourth-order valence-corrected chi connectivity index (χ4v) is 3.37. The van der Waals surface area contributed by atoms with E-state index in [-0.39, 0.29) is 0 Å². The van der Waals surface area contributed by atoms with Crippen molar-refractivity contribution < 1.29 is 4.74 Å². The van der Waals surface area contributed by atoms with Gasteiger partial charge in [0.1, 0.15) is 23.1 Å². The second kappa shape index (κ2) is 8.87. The van der Waals surface area contributed by atoms with Crippen LogP contribution in [0.2, 0.25) is 5.02 Å². The molecule has 142 valence electrons. The summed E-state index contributed by atoms with van der Waals surface area (Å²) in [7, 11) is 1.95. The van der Waals surface area contributed by atoms with Gasteiger partial charge in [-0.05, 0) is 31.5 Å². The summed E-state index contributed by atoms with van der Waals surface area (Å²) >= 11 is 7.55. The van der Waals surface area contributed by atoms with Crippen molar-refractivity contribution in [2.24, 2.45) is 4.99 Å². The van der Waals surface area contributed by atoms with Crippen LogP contribution in [0.1, 0.15) is 18.1 Å². The highest BCUT2D eigenvalue weighted by Gasteiger charge is 2.18. The molecule has 2 aromatic carbocycles. The van der Waals surface area contributed by atoms with Crippen molar-refractivity contribution in [2.75, 3.05) is 13.6 Å². The quantitative estimate of drug-likeness (QED) is 0.366. The minimum absolute atomic E-state index is 0.400. The van der Waals surface area contributed by atoms with E-state index in [1.54, 1.807) is 12.4 Å². The first-order valence-electron chi connectivity index (χ1n) is 8.71. The van der Waals surface area contributed by atoms with Crippen molar-refractivity contribution in [3.8, 4) is 28.1 Å². The first-order chi connectivity index (χ1) is 13.5. The number of nitriles is 1. The molecule has 0 fully saturated rings. The Kier molecular flexibility index (Phi) is 6.30. The minimum atomic E-state index is 0.400. The number of aromatic nitrogens is 1. The molecule has 0 bridgehead atoms. The lowest BCUT2D eigenvalue weighted by Gasteiger charge is -2.11. The standard InChI is InChI=1S/C21H19ClN4OS/c1-4-26(3)13-24-18-11-17(22)19(10-14(18)2)27-21-16(12-23)20(25-28-21)15-8-6-5-7-9-15/h5-11,13H,4H2,1-3H3. The Morgan fingerprint density at radius 1 is 1.32 bits per heavy atom. The fraction of sp³-hybridized carbons (Fsp3) is 0.190. The van der Waals surface area contributed by atoms with Crippen LogP contribution in [0.25, 0.3) is 11.3 Å². The van der Waals surface area contributed by atoms with Gasteiger partial charge in [-0.3, -0.25) is 0 Å². The molecule has 0 aliphatic heterocycles. The summed E-state index contributed by atoms with van der Waals surface area (Å²) in [4.78, 5) is 6.43. The van der Waals surface area contributed by atoms with Crippen molar-refractivity contribution in [3.63, 3.8) is 0 Å². The van der Waals surface area contributed by atoms with Gasteiger partial charge >= 0.3 is 0 Å². The average molecular weight is 411 g/mol. The zero-order valence-corrected chi connectivity index (χ0v) is 17.4. The molecule has 0 spiro atoms. The third-order valence-corrected chi connectivity index (χ3v) is 5.19. The highest BCUT2D eigenvalue weighted by atomic mass is 35.5. The second-order valence-corrected chi connectivity index (χ2v) is 7.30. The van der Waals surface area contributed by atoms with Crippen LogP contribution in [-0.2, 0) is 0 Å². The van der Waals surface area contributed by atoms with Gasteiger partial charge in [-0.15, -0.1) is 0 Å². The van der Waals surface area contributed by atoms with Gasteiger partial charge in [-0.1, -0.05) is 41.9 Å². The fourth-order valence-electron chi connectivity index (χ4n) is 2.44. The summed E-state index contributed by atoms with van der Waals surface area (Å²) in [5.41, 5.74) is 3.58. The number of rotatable bonds is 6. The maximum atomic E-state index is 9.62.